The average Bonchev–Trinajstić information content (AvgIpc) is 3.01. The van der Waals surface area contributed by atoms with Crippen LogP contribution in [0, 0.1) is 0 Å². The van der Waals surface area contributed by atoms with Gasteiger partial charge in [-0.05, 0) is 30.7 Å². The maximum Gasteiger partial charge on any atom is 0.154 e. The Morgan fingerprint density at radius 1 is 1.00 bits per heavy atom. The molecule has 0 saturated carbocycles. The van der Waals surface area contributed by atoms with Crippen molar-refractivity contribution in [3.63, 3.8) is 0 Å². The minimum Gasteiger partial charge on any atom is -0.353 e. The highest BCUT2D eigenvalue weighted by Crippen LogP contribution is 2.25. The topological polar surface area (TPSA) is 58.4 Å². The molecule has 6 nitrogen and oxygen atoms in total. The molecule has 0 aromatic carbocycles. The number of hydrogen-bond acceptors (Lipinski definition) is 5. The molecule has 1 saturated heterocycles. The molecule has 9 heteroatoms. The zero-order chi connectivity index (χ0) is 15.6. The molecule has 4 rings (SSSR count). The molecule has 1 fully saturated rings. The van der Waals surface area contributed by atoms with Gasteiger partial charge in [0.15, 0.2) is 5.65 Å². The van der Waals surface area contributed by atoms with Crippen molar-refractivity contribution in [1.29, 1.82) is 0 Å². The number of nitrogens with zero attached hydrogens (tertiary/aromatic N) is 5. The fourth-order valence-electron chi connectivity index (χ4n) is 3.08. The Bertz CT molecular complexity index is 818. The van der Waals surface area contributed by atoms with Gasteiger partial charge in [-0.1, -0.05) is 6.92 Å². The van der Waals surface area contributed by atoms with Gasteiger partial charge in [0.25, 0.3) is 0 Å². The monoisotopic (exact) mass is 416 g/mol. The van der Waals surface area contributed by atoms with Gasteiger partial charge in [0, 0.05) is 44.1 Å². The van der Waals surface area contributed by atoms with E-state index in [0.717, 1.165) is 61.0 Å². The first-order chi connectivity index (χ1) is 11.4. The van der Waals surface area contributed by atoms with Crippen LogP contribution in [0.25, 0.3) is 16.9 Å². The highest BCUT2D eigenvalue weighted by Gasteiger charge is 2.17. The minimum absolute atomic E-state index is 0. The largest absolute Gasteiger partial charge is 0.353 e. The van der Waals surface area contributed by atoms with Crippen LogP contribution >= 0.6 is 37.2 Å². The number of rotatable bonds is 3. The van der Waals surface area contributed by atoms with Crippen molar-refractivity contribution in [2.45, 2.75) is 13.3 Å². The predicted molar refractivity (Wildman–Crippen MR) is 112 cm³/mol. The molecular formula is C17H23Cl3N6. The van der Waals surface area contributed by atoms with E-state index < -0.39 is 0 Å². The van der Waals surface area contributed by atoms with Crippen LogP contribution < -0.4 is 10.2 Å². The zero-order valence-corrected chi connectivity index (χ0v) is 16.9. The lowest BCUT2D eigenvalue weighted by Gasteiger charge is -2.28. The molecular weight excluding hydrogens is 395 g/mol. The van der Waals surface area contributed by atoms with E-state index in [-0.39, 0.29) is 37.2 Å². The number of halogens is 3. The lowest BCUT2D eigenvalue weighted by Crippen LogP contribution is -2.44. The summed E-state index contributed by atoms with van der Waals surface area (Å²) in [6.07, 6.45) is 4.51. The van der Waals surface area contributed by atoms with E-state index >= 15 is 0 Å². The van der Waals surface area contributed by atoms with Crippen LogP contribution in [-0.4, -0.2) is 45.8 Å². The molecule has 0 radical (unpaired) electrons. The van der Waals surface area contributed by atoms with Gasteiger partial charge in [-0.15, -0.1) is 42.3 Å². The summed E-state index contributed by atoms with van der Waals surface area (Å²) in [4.78, 5) is 11.2. The van der Waals surface area contributed by atoms with Crippen LogP contribution in [0.1, 0.15) is 12.6 Å². The van der Waals surface area contributed by atoms with Crippen molar-refractivity contribution in [2.24, 2.45) is 0 Å². The van der Waals surface area contributed by atoms with Crippen LogP contribution in [0.4, 0.5) is 5.82 Å². The van der Waals surface area contributed by atoms with Gasteiger partial charge < -0.3 is 10.2 Å². The molecule has 4 heterocycles. The Kier molecular flexibility index (Phi) is 8.56. The summed E-state index contributed by atoms with van der Waals surface area (Å²) in [6.45, 7) is 6.10. The zero-order valence-electron chi connectivity index (χ0n) is 14.5. The molecule has 0 spiro atoms. The van der Waals surface area contributed by atoms with Crippen LogP contribution in [0.5, 0.6) is 0 Å². The molecule has 0 aliphatic carbocycles. The molecule has 1 aliphatic heterocycles. The lowest BCUT2D eigenvalue weighted by atomic mass is 10.1. The molecule has 3 aromatic rings. The van der Waals surface area contributed by atoms with Gasteiger partial charge >= 0.3 is 0 Å². The van der Waals surface area contributed by atoms with E-state index in [9.17, 15) is 0 Å². The maximum absolute atomic E-state index is 4.88. The quantitative estimate of drug-likeness (QED) is 0.710. The summed E-state index contributed by atoms with van der Waals surface area (Å²) in [5.41, 5.74) is 4.14. The van der Waals surface area contributed by atoms with E-state index in [1.165, 1.54) is 0 Å². The number of imidazole rings is 1. The number of piperazine rings is 1. The number of aryl methyl sites for hydroxylation is 1. The van der Waals surface area contributed by atoms with Crippen LogP contribution in [0.2, 0.25) is 0 Å². The molecule has 0 bridgehead atoms. The van der Waals surface area contributed by atoms with Crippen molar-refractivity contribution in [3.8, 4) is 11.3 Å². The third-order valence-corrected chi connectivity index (χ3v) is 4.27. The Labute approximate surface area is 171 Å². The SMILES string of the molecule is CCc1nc2ccc(N3CCNCC3)nn2c1-c1ccncc1.Cl.Cl.Cl. The van der Waals surface area contributed by atoms with Crippen molar-refractivity contribution >= 4 is 48.7 Å². The number of aromatic nitrogens is 4. The molecule has 142 valence electrons. The molecule has 0 atom stereocenters. The molecule has 1 aliphatic rings. The van der Waals surface area contributed by atoms with Crippen molar-refractivity contribution < 1.29 is 0 Å². The first kappa shape index (κ1) is 22.4. The Morgan fingerprint density at radius 3 is 2.35 bits per heavy atom. The van der Waals surface area contributed by atoms with E-state index in [2.05, 4.69) is 34.3 Å². The Balaban J connectivity index is 0.00000113. The number of anilines is 1. The van der Waals surface area contributed by atoms with Gasteiger partial charge in [0.05, 0.1) is 11.4 Å². The third kappa shape index (κ3) is 4.20. The fraction of sp³-hybridized carbons (Fsp3) is 0.353. The van der Waals surface area contributed by atoms with Crippen molar-refractivity contribution in [3.05, 3.63) is 42.4 Å². The summed E-state index contributed by atoms with van der Waals surface area (Å²) in [7, 11) is 0. The van der Waals surface area contributed by atoms with Crippen LogP contribution in [0.3, 0.4) is 0 Å². The van der Waals surface area contributed by atoms with Crippen LogP contribution in [0.15, 0.2) is 36.7 Å². The first-order valence-electron chi connectivity index (χ1n) is 8.11. The van der Waals surface area contributed by atoms with Gasteiger partial charge in [0.1, 0.15) is 5.82 Å². The summed E-state index contributed by atoms with van der Waals surface area (Å²) in [5.74, 6) is 1.01. The third-order valence-electron chi connectivity index (χ3n) is 4.27. The lowest BCUT2D eigenvalue weighted by molar-refractivity contribution is 0.582. The molecule has 1 N–H and O–H groups in total. The van der Waals surface area contributed by atoms with Crippen molar-refractivity contribution in [2.75, 3.05) is 31.1 Å². The first-order valence-corrected chi connectivity index (χ1v) is 8.11. The van der Waals surface area contributed by atoms with Crippen molar-refractivity contribution in [1.82, 2.24) is 24.9 Å². The standard InChI is InChI=1S/C17H20N6.3ClH/c1-2-14-17(13-5-7-18-8-6-13)23-15(20-14)3-4-16(21-23)22-11-9-19-10-12-22;;;/h3-8,19H,2,9-12H2,1H3;3*1H. The number of nitrogens with one attached hydrogen (secondary N) is 1. The maximum atomic E-state index is 4.88. The van der Waals surface area contributed by atoms with Gasteiger partial charge in [-0.2, -0.15) is 0 Å². The summed E-state index contributed by atoms with van der Waals surface area (Å²) in [5, 5.41) is 8.25. The number of fused-ring (bicyclic) bond motifs is 1. The Hall–Kier alpha value is -1.60. The van der Waals surface area contributed by atoms with Crippen LogP contribution in [-0.2, 0) is 6.42 Å². The average molecular weight is 418 g/mol. The fourth-order valence-corrected chi connectivity index (χ4v) is 3.08. The second-order valence-corrected chi connectivity index (χ2v) is 5.70. The van der Waals surface area contributed by atoms with Gasteiger partial charge in [-0.3, -0.25) is 4.98 Å². The van der Waals surface area contributed by atoms with E-state index in [4.69, 9.17) is 10.1 Å². The normalized spacial score (nSPS) is 13.5. The Morgan fingerprint density at radius 2 is 1.69 bits per heavy atom. The van der Waals surface area contributed by atoms with Gasteiger partial charge in [-0.25, -0.2) is 9.50 Å². The smallest absolute Gasteiger partial charge is 0.154 e. The van der Waals surface area contributed by atoms with E-state index in [1.54, 1.807) is 0 Å². The minimum atomic E-state index is 0. The molecule has 26 heavy (non-hydrogen) atoms. The summed E-state index contributed by atoms with van der Waals surface area (Å²) < 4.78 is 1.98. The predicted octanol–water partition coefficient (Wildman–Crippen LogP) is 3.03. The second kappa shape index (κ2) is 9.92. The summed E-state index contributed by atoms with van der Waals surface area (Å²) >= 11 is 0. The second-order valence-electron chi connectivity index (χ2n) is 5.70. The molecule has 0 unspecified atom stereocenters. The molecule has 0 amide bonds. The van der Waals surface area contributed by atoms with E-state index in [0.29, 0.717) is 0 Å². The highest BCUT2D eigenvalue weighted by molar-refractivity contribution is 5.86. The number of hydrogen-bond donors (Lipinski definition) is 1. The highest BCUT2D eigenvalue weighted by atomic mass is 35.5. The molecule has 3 aromatic heterocycles. The van der Waals surface area contributed by atoms with E-state index in [1.807, 2.05) is 29.0 Å². The van der Waals surface area contributed by atoms with Gasteiger partial charge in [0.2, 0.25) is 0 Å². The summed E-state index contributed by atoms with van der Waals surface area (Å²) in [6, 6.07) is 8.17. The number of pyridine rings is 1.